The number of rotatable bonds is 6. The quantitative estimate of drug-likeness (QED) is 0.458. The molecule has 0 fully saturated rings. The first kappa shape index (κ1) is 14.7. The van der Waals surface area contributed by atoms with Crippen molar-refractivity contribution in [1.82, 2.24) is 5.32 Å². The van der Waals surface area contributed by atoms with Gasteiger partial charge in [0.1, 0.15) is 0 Å². The van der Waals surface area contributed by atoms with E-state index in [-0.39, 0.29) is 5.91 Å². The zero-order chi connectivity index (χ0) is 12.7. The third kappa shape index (κ3) is 4.51. The number of hydrogen-bond acceptors (Lipinski definition) is 4. The van der Waals surface area contributed by atoms with Crippen LogP contribution in [-0.4, -0.2) is 41.1 Å². The second-order valence-corrected chi connectivity index (χ2v) is 4.86. The Bertz CT molecular complexity index is 315. The van der Waals surface area contributed by atoms with Gasteiger partial charge in [-0.05, 0) is 13.0 Å². The smallest absolute Gasteiger partial charge is 0.374 e. The third-order valence-corrected chi connectivity index (χ3v) is 3.64. The number of amides is 1. The summed E-state index contributed by atoms with van der Waals surface area (Å²) in [6.45, 7) is 1.53. The van der Waals surface area contributed by atoms with Crippen LogP contribution in [0.15, 0.2) is 12.2 Å². The first-order chi connectivity index (χ1) is 7.43. The van der Waals surface area contributed by atoms with E-state index >= 15 is 0 Å². The van der Waals surface area contributed by atoms with Crippen LogP contribution >= 0.6 is 7.80 Å². The highest BCUT2D eigenvalue weighted by molar-refractivity contribution is 7.45. The molecule has 0 heterocycles. The highest BCUT2D eigenvalue weighted by Gasteiger charge is 2.36. The van der Waals surface area contributed by atoms with E-state index in [9.17, 15) is 14.2 Å². The highest BCUT2D eigenvalue weighted by atomic mass is 31.1. The molecule has 6 nitrogen and oxygen atoms in total. The molecule has 3 N–H and O–H groups in total. The minimum atomic E-state index is -2.06. The maximum absolute atomic E-state index is 11.5. The van der Waals surface area contributed by atoms with Crippen molar-refractivity contribution in [3.63, 3.8) is 0 Å². The number of allylic oxidation sites excluding steroid dienone is 1. The zero-order valence-electron chi connectivity index (χ0n) is 9.08. The molecule has 0 spiro atoms. The maximum Gasteiger partial charge on any atom is 0.374 e. The lowest BCUT2D eigenvalue weighted by Crippen LogP contribution is -2.31. The van der Waals surface area contributed by atoms with E-state index in [2.05, 4.69) is 5.32 Å². The van der Waals surface area contributed by atoms with Gasteiger partial charge in [0.2, 0.25) is 12.3 Å². The van der Waals surface area contributed by atoms with Gasteiger partial charge in [-0.1, -0.05) is 4.57 Å². The lowest BCUT2D eigenvalue weighted by Gasteiger charge is -2.10. The Morgan fingerprint density at radius 1 is 1.50 bits per heavy atom. The van der Waals surface area contributed by atoms with Gasteiger partial charge in [0, 0.05) is 13.1 Å². The molecule has 0 saturated heterocycles. The monoisotopic (exact) mass is 248 g/mol. The van der Waals surface area contributed by atoms with Crippen LogP contribution in [0, 0.1) is 5.92 Å². The Morgan fingerprint density at radius 3 is 2.44 bits per heavy atom. The van der Waals surface area contributed by atoms with Gasteiger partial charge in [-0.3, -0.25) is 4.79 Å². The normalized spacial score (nSPS) is 15.6. The Morgan fingerprint density at radius 2 is 2.06 bits per heavy atom. The van der Waals surface area contributed by atoms with Crippen molar-refractivity contribution in [3.05, 3.63) is 12.2 Å². The number of carboxylic acid groups (broad SMARTS) is 1. The topological polar surface area (TPSA) is 104 Å². The number of carbonyl (C=O) groups excluding carboxylic acids is 1. The van der Waals surface area contributed by atoms with E-state index in [1.165, 1.54) is 20.0 Å². The molecule has 3 atom stereocenters. The van der Waals surface area contributed by atoms with E-state index in [0.29, 0.717) is 0 Å². The van der Waals surface area contributed by atoms with Crippen molar-refractivity contribution < 1.29 is 24.4 Å². The molecule has 0 aliphatic carbocycles. The number of carboxylic acids is 1. The summed E-state index contributed by atoms with van der Waals surface area (Å²) in [5, 5.41) is 19.6. The number of nitrogens with one attached hydrogen (secondary N) is 1. The second kappa shape index (κ2) is 7.09. The first-order valence-corrected chi connectivity index (χ1v) is 6.12. The molecular formula is C9H15NO5P+. The Kier molecular flexibility index (Phi) is 6.53. The van der Waals surface area contributed by atoms with Crippen LogP contribution in [-0.2, 0) is 14.2 Å². The summed E-state index contributed by atoms with van der Waals surface area (Å²) in [5.41, 5.74) is -0.781. The van der Waals surface area contributed by atoms with Crippen LogP contribution in [0.3, 0.4) is 0 Å². The third-order valence-electron chi connectivity index (χ3n) is 2.08. The molecule has 0 aliphatic heterocycles. The van der Waals surface area contributed by atoms with Crippen molar-refractivity contribution in [2.45, 2.75) is 12.6 Å². The Balaban J connectivity index is 4.86. The average Bonchev–Trinajstić information content (AvgIpc) is 2.26. The molecule has 0 aromatic rings. The SMILES string of the molecule is CNC(=O)C(C)C(C=CC(=O)O)[P+](=O)CO. The summed E-state index contributed by atoms with van der Waals surface area (Å²) in [6.07, 6.45) is 1.43. The van der Waals surface area contributed by atoms with Crippen LogP contribution in [0.2, 0.25) is 0 Å². The van der Waals surface area contributed by atoms with Crippen molar-refractivity contribution in [2.75, 3.05) is 13.4 Å². The molecule has 16 heavy (non-hydrogen) atoms. The number of hydrogen-bond donors (Lipinski definition) is 3. The molecule has 90 valence electrons. The van der Waals surface area contributed by atoms with Gasteiger partial charge in [0.15, 0.2) is 5.66 Å². The number of aliphatic carboxylic acids is 1. The molecule has 7 heteroatoms. The summed E-state index contributed by atoms with van der Waals surface area (Å²) in [6, 6.07) is 0. The van der Waals surface area contributed by atoms with Gasteiger partial charge in [-0.15, -0.1) is 0 Å². The maximum atomic E-state index is 11.5. The van der Waals surface area contributed by atoms with E-state index in [4.69, 9.17) is 10.2 Å². The van der Waals surface area contributed by atoms with Crippen molar-refractivity contribution in [3.8, 4) is 0 Å². The molecule has 0 rings (SSSR count). The first-order valence-electron chi connectivity index (χ1n) is 4.61. The van der Waals surface area contributed by atoms with Crippen molar-refractivity contribution in [1.29, 1.82) is 0 Å². The standard InChI is InChI=1S/C9H14NO5P/c1-6(9(14)10-2)7(16(15)5-11)3-4-8(12)13/h3-4,6-7,11H,5H2,1-2H3,(H-,10,12,13,14)/p+1. The van der Waals surface area contributed by atoms with E-state index in [0.717, 1.165) is 6.08 Å². The number of aliphatic hydroxyl groups excluding tert-OH is 1. The minimum absolute atomic E-state index is 0.350. The second-order valence-electron chi connectivity index (χ2n) is 3.15. The largest absolute Gasteiger partial charge is 0.478 e. The van der Waals surface area contributed by atoms with Crippen LogP contribution in [0.25, 0.3) is 0 Å². The number of aliphatic hydroxyl groups is 1. The summed E-state index contributed by atoms with van der Waals surface area (Å²) in [7, 11) is -0.622. The summed E-state index contributed by atoms with van der Waals surface area (Å²) < 4.78 is 11.5. The Hall–Kier alpha value is -1.26. The minimum Gasteiger partial charge on any atom is -0.478 e. The Labute approximate surface area is 94.1 Å². The molecule has 0 radical (unpaired) electrons. The fourth-order valence-corrected chi connectivity index (χ4v) is 2.27. The predicted molar refractivity (Wildman–Crippen MR) is 58.5 cm³/mol. The lowest BCUT2D eigenvalue weighted by molar-refractivity contribution is -0.131. The molecule has 0 bridgehead atoms. The molecule has 3 unspecified atom stereocenters. The van der Waals surface area contributed by atoms with E-state index in [1.807, 2.05) is 0 Å². The van der Waals surface area contributed by atoms with Crippen LogP contribution in [0.5, 0.6) is 0 Å². The van der Waals surface area contributed by atoms with E-state index < -0.39 is 31.7 Å². The van der Waals surface area contributed by atoms with Gasteiger partial charge in [-0.2, -0.15) is 0 Å². The van der Waals surface area contributed by atoms with Crippen molar-refractivity contribution >= 4 is 19.7 Å². The van der Waals surface area contributed by atoms with Crippen LogP contribution in [0.4, 0.5) is 0 Å². The lowest BCUT2D eigenvalue weighted by atomic mass is 10.1. The van der Waals surface area contributed by atoms with E-state index in [1.54, 1.807) is 0 Å². The molecular weight excluding hydrogens is 233 g/mol. The fourth-order valence-electron chi connectivity index (χ4n) is 1.17. The van der Waals surface area contributed by atoms with Crippen LogP contribution in [0.1, 0.15) is 6.92 Å². The molecule has 0 aromatic heterocycles. The number of carbonyl (C=O) groups is 2. The summed E-state index contributed by atoms with van der Waals surface area (Å²) in [4.78, 5) is 21.6. The van der Waals surface area contributed by atoms with Gasteiger partial charge in [0.05, 0.1) is 5.92 Å². The van der Waals surface area contributed by atoms with Crippen LogP contribution < -0.4 is 5.32 Å². The average molecular weight is 248 g/mol. The summed E-state index contributed by atoms with van der Waals surface area (Å²) >= 11 is 0. The van der Waals surface area contributed by atoms with Gasteiger partial charge < -0.3 is 15.5 Å². The molecule has 0 aliphatic rings. The van der Waals surface area contributed by atoms with Gasteiger partial charge in [0.25, 0.3) is 0 Å². The zero-order valence-corrected chi connectivity index (χ0v) is 9.98. The highest BCUT2D eigenvalue weighted by Crippen LogP contribution is 2.33. The summed E-state index contributed by atoms with van der Waals surface area (Å²) in [5.74, 6) is -2.19. The predicted octanol–water partition coefficient (Wildman–Crippen LogP) is 0.155. The molecule has 0 saturated carbocycles. The van der Waals surface area contributed by atoms with Gasteiger partial charge >= 0.3 is 13.8 Å². The molecule has 0 aromatic carbocycles. The van der Waals surface area contributed by atoms with Crippen molar-refractivity contribution in [2.24, 2.45) is 5.92 Å². The fraction of sp³-hybridized carbons (Fsp3) is 0.556. The van der Waals surface area contributed by atoms with Gasteiger partial charge in [-0.25, -0.2) is 4.79 Å². The molecule has 1 amide bonds.